The number of hydrogen-bond acceptors (Lipinski definition) is 4. The van der Waals surface area contributed by atoms with Crippen molar-refractivity contribution in [2.24, 2.45) is 7.05 Å². The van der Waals surface area contributed by atoms with Crippen LogP contribution in [0.4, 0.5) is 5.82 Å². The van der Waals surface area contributed by atoms with Crippen LogP contribution in [-0.2, 0) is 13.5 Å². The first-order chi connectivity index (χ1) is 7.16. The van der Waals surface area contributed by atoms with E-state index in [9.17, 15) is 5.11 Å². The molecule has 1 atom stereocenters. The van der Waals surface area contributed by atoms with Crippen LogP contribution in [0.15, 0.2) is 18.5 Å². The van der Waals surface area contributed by atoms with Gasteiger partial charge in [-0.25, -0.2) is 0 Å². The van der Waals surface area contributed by atoms with E-state index in [1.54, 1.807) is 4.68 Å². The number of H-pyrrole nitrogens is 1. The smallest absolute Gasteiger partial charge is 0.124 e. The van der Waals surface area contributed by atoms with Gasteiger partial charge < -0.3 is 10.8 Å². The maximum absolute atomic E-state index is 9.86. The molecule has 2 heterocycles. The van der Waals surface area contributed by atoms with E-state index in [0.29, 0.717) is 17.8 Å². The number of aryl methyl sites for hydroxylation is 1. The van der Waals surface area contributed by atoms with Gasteiger partial charge in [-0.15, -0.1) is 0 Å². The Balaban J connectivity index is 2.10. The van der Waals surface area contributed by atoms with Gasteiger partial charge in [-0.1, -0.05) is 0 Å². The third-order valence-corrected chi connectivity index (χ3v) is 2.23. The third kappa shape index (κ3) is 1.99. The van der Waals surface area contributed by atoms with Gasteiger partial charge in [0.2, 0.25) is 0 Å². The number of anilines is 1. The first-order valence-corrected chi connectivity index (χ1v) is 4.62. The molecule has 0 spiro atoms. The second kappa shape index (κ2) is 3.74. The predicted molar refractivity (Wildman–Crippen MR) is 54.9 cm³/mol. The van der Waals surface area contributed by atoms with Crippen LogP contribution in [0.25, 0.3) is 0 Å². The summed E-state index contributed by atoms with van der Waals surface area (Å²) in [7, 11) is 1.84. The SMILES string of the molecule is Cn1ccc(CC(O)c2cn[nH]c2N)n1. The molecule has 2 aromatic heterocycles. The van der Waals surface area contributed by atoms with E-state index >= 15 is 0 Å². The molecule has 0 aliphatic rings. The Bertz CT molecular complexity index is 447. The van der Waals surface area contributed by atoms with Crippen molar-refractivity contribution in [1.29, 1.82) is 0 Å². The lowest BCUT2D eigenvalue weighted by atomic mass is 10.1. The monoisotopic (exact) mass is 207 g/mol. The fourth-order valence-electron chi connectivity index (χ4n) is 1.45. The Labute approximate surface area is 86.7 Å². The maximum Gasteiger partial charge on any atom is 0.124 e. The molecule has 6 heteroatoms. The molecule has 0 aliphatic carbocycles. The van der Waals surface area contributed by atoms with Crippen molar-refractivity contribution in [1.82, 2.24) is 20.0 Å². The highest BCUT2D eigenvalue weighted by atomic mass is 16.3. The number of rotatable bonds is 3. The number of hydrogen-bond donors (Lipinski definition) is 3. The number of aliphatic hydroxyl groups excluding tert-OH is 1. The molecular formula is C9H13N5O. The summed E-state index contributed by atoms with van der Waals surface area (Å²) in [5, 5.41) is 20.4. The highest BCUT2D eigenvalue weighted by molar-refractivity contribution is 5.38. The number of aliphatic hydroxyl groups is 1. The summed E-state index contributed by atoms with van der Waals surface area (Å²) in [4.78, 5) is 0. The topological polar surface area (TPSA) is 92.8 Å². The largest absolute Gasteiger partial charge is 0.388 e. The summed E-state index contributed by atoms with van der Waals surface area (Å²) in [6.07, 6.45) is 3.13. The Hall–Kier alpha value is -1.82. The molecular weight excluding hydrogens is 194 g/mol. The van der Waals surface area contributed by atoms with Crippen LogP contribution >= 0.6 is 0 Å². The van der Waals surface area contributed by atoms with Gasteiger partial charge in [-0.05, 0) is 6.07 Å². The number of nitrogens with two attached hydrogens (primary N) is 1. The molecule has 80 valence electrons. The van der Waals surface area contributed by atoms with Crippen LogP contribution in [0, 0.1) is 0 Å². The van der Waals surface area contributed by atoms with E-state index in [2.05, 4.69) is 15.3 Å². The van der Waals surface area contributed by atoms with Crippen molar-refractivity contribution in [2.75, 3.05) is 5.73 Å². The summed E-state index contributed by atoms with van der Waals surface area (Å²) in [6, 6.07) is 1.86. The fraction of sp³-hybridized carbons (Fsp3) is 0.333. The minimum absolute atomic E-state index is 0.401. The second-order valence-corrected chi connectivity index (χ2v) is 3.44. The lowest BCUT2D eigenvalue weighted by molar-refractivity contribution is 0.178. The first-order valence-electron chi connectivity index (χ1n) is 4.62. The van der Waals surface area contributed by atoms with Crippen molar-refractivity contribution in [3.05, 3.63) is 29.7 Å². The molecule has 2 rings (SSSR count). The second-order valence-electron chi connectivity index (χ2n) is 3.44. The van der Waals surface area contributed by atoms with Gasteiger partial charge in [0.1, 0.15) is 5.82 Å². The van der Waals surface area contributed by atoms with Gasteiger partial charge in [-0.2, -0.15) is 10.2 Å². The van der Waals surface area contributed by atoms with Crippen LogP contribution < -0.4 is 5.73 Å². The lowest BCUT2D eigenvalue weighted by Gasteiger charge is -2.06. The van der Waals surface area contributed by atoms with Crippen molar-refractivity contribution in [3.8, 4) is 0 Å². The predicted octanol–water partition coefficient (Wildman–Crippen LogP) is 0.00150. The molecule has 0 fully saturated rings. The molecule has 15 heavy (non-hydrogen) atoms. The van der Waals surface area contributed by atoms with Crippen LogP contribution in [0.3, 0.4) is 0 Å². The normalized spacial score (nSPS) is 12.9. The van der Waals surface area contributed by atoms with E-state index in [0.717, 1.165) is 5.69 Å². The molecule has 0 bridgehead atoms. The van der Waals surface area contributed by atoms with Crippen molar-refractivity contribution in [3.63, 3.8) is 0 Å². The average Bonchev–Trinajstić information content (AvgIpc) is 2.75. The zero-order chi connectivity index (χ0) is 10.8. The Morgan fingerprint density at radius 1 is 1.67 bits per heavy atom. The molecule has 0 aliphatic heterocycles. The summed E-state index contributed by atoms with van der Waals surface area (Å²) < 4.78 is 1.70. The number of nitrogen functional groups attached to an aromatic ring is 1. The number of nitrogens with one attached hydrogen (secondary N) is 1. The van der Waals surface area contributed by atoms with Gasteiger partial charge in [-0.3, -0.25) is 9.78 Å². The Morgan fingerprint density at radius 2 is 2.47 bits per heavy atom. The standard InChI is InChI=1S/C9H13N5O/c1-14-3-2-6(13-14)4-8(15)7-5-11-12-9(7)10/h2-3,5,8,15H,4H2,1H3,(H3,10,11,12). The molecule has 0 saturated heterocycles. The Morgan fingerprint density at radius 3 is 3.00 bits per heavy atom. The van der Waals surface area contributed by atoms with Crippen LogP contribution in [0.2, 0.25) is 0 Å². The molecule has 0 saturated carbocycles. The van der Waals surface area contributed by atoms with Gasteiger partial charge in [0.15, 0.2) is 0 Å². The van der Waals surface area contributed by atoms with Gasteiger partial charge >= 0.3 is 0 Å². The van der Waals surface area contributed by atoms with E-state index in [4.69, 9.17) is 5.73 Å². The van der Waals surface area contributed by atoms with Crippen molar-refractivity contribution < 1.29 is 5.11 Å². The maximum atomic E-state index is 9.86. The zero-order valence-corrected chi connectivity index (χ0v) is 8.38. The molecule has 6 nitrogen and oxygen atoms in total. The third-order valence-electron chi connectivity index (χ3n) is 2.23. The Kier molecular flexibility index (Phi) is 2.42. The molecule has 0 radical (unpaired) electrons. The summed E-state index contributed by atoms with van der Waals surface area (Å²) in [5.74, 6) is 0.401. The lowest BCUT2D eigenvalue weighted by Crippen LogP contribution is -2.04. The van der Waals surface area contributed by atoms with E-state index in [1.165, 1.54) is 6.20 Å². The van der Waals surface area contributed by atoms with Gasteiger partial charge in [0, 0.05) is 25.2 Å². The molecule has 4 N–H and O–H groups in total. The fourth-order valence-corrected chi connectivity index (χ4v) is 1.45. The molecule has 0 aromatic carbocycles. The molecule has 1 unspecified atom stereocenters. The minimum atomic E-state index is -0.668. The zero-order valence-electron chi connectivity index (χ0n) is 8.38. The van der Waals surface area contributed by atoms with Crippen LogP contribution in [0.5, 0.6) is 0 Å². The van der Waals surface area contributed by atoms with E-state index in [-0.39, 0.29) is 0 Å². The van der Waals surface area contributed by atoms with Gasteiger partial charge in [0.25, 0.3) is 0 Å². The van der Waals surface area contributed by atoms with Crippen LogP contribution in [-0.4, -0.2) is 25.1 Å². The highest BCUT2D eigenvalue weighted by Crippen LogP contribution is 2.20. The number of nitrogens with zero attached hydrogens (tertiary/aromatic N) is 3. The molecule has 0 amide bonds. The van der Waals surface area contributed by atoms with Crippen molar-refractivity contribution >= 4 is 5.82 Å². The quantitative estimate of drug-likeness (QED) is 0.660. The minimum Gasteiger partial charge on any atom is -0.388 e. The number of aromatic nitrogens is 4. The average molecular weight is 207 g/mol. The molecule has 2 aromatic rings. The van der Waals surface area contributed by atoms with E-state index in [1.807, 2.05) is 19.3 Å². The highest BCUT2D eigenvalue weighted by Gasteiger charge is 2.14. The van der Waals surface area contributed by atoms with E-state index < -0.39 is 6.10 Å². The summed E-state index contributed by atoms with van der Waals surface area (Å²) in [5.41, 5.74) is 7.03. The summed E-state index contributed by atoms with van der Waals surface area (Å²) >= 11 is 0. The van der Waals surface area contributed by atoms with Crippen LogP contribution in [0.1, 0.15) is 17.4 Å². The number of aromatic amines is 1. The van der Waals surface area contributed by atoms with Crippen molar-refractivity contribution in [2.45, 2.75) is 12.5 Å². The van der Waals surface area contributed by atoms with Gasteiger partial charge in [0.05, 0.1) is 18.0 Å². The first kappa shape index (κ1) is 9.72. The summed E-state index contributed by atoms with van der Waals surface area (Å²) in [6.45, 7) is 0.